The van der Waals surface area contributed by atoms with Crippen LogP contribution in [0.15, 0.2) is 40.8 Å². The van der Waals surface area contributed by atoms with Gasteiger partial charge in [0.15, 0.2) is 5.76 Å². The van der Waals surface area contributed by atoms with E-state index in [0.29, 0.717) is 29.2 Å². The Balaban J connectivity index is 1.87. The number of nitrogens with one attached hydrogen (secondary N) is 2. The van der Waals surface area contributed by atoms with Crippen LogP contribution in [0.5, 0.6) is 0 Å². The molecule has 0 spiro atoms. The van der Waals surface area contributed by atoms with E-state index >= 15 is 0 Å². The molecule has 5 N–H and O–H groups in total. The SMILES string of the molecule is CCC(N)CC(=O)N(C(=O)C(=O)O)C(=O)C(CC1CCCCC1)NC(=O)[C@@H](NC(=O)c1ccc(-c2ccc(Cl)cc2)o1)C(C)CC. The molecule has 1 aliphatic carbocycles. The Morgan fingerprint density at radius 2 is 1.63 bits per heavy atom. The molecule has 1 aromatic heterocycles. The number of carbonyl (C=O) groups excluding carboxylic acids is 5. The first-order valence-electron chi connectivity index (χ1n) is 15.7. The minimum atomic E-state index is -1.99. The molecule has 0 aliphatic heterocycles. The molecule has 3 rings (SSSR count). The molecule has 46 heavy (non-hydrogen) atoms. The Kier molecular flexibility index (Phi) is 13.5. The van der Waals surface area contributed by atoms with Crippen molar-refractivity contribution in [1.82, 2.24) is 15.5 Å². The molecule has 13 heteroatoms. The smallest absolute Gasteiger partial charge is 0.395 e. The van der Waals surface area contributed by atoms with Crippen LogP contribution in [0.4, 0.5) is 0 Å². The third-order valence-electron chi connectivity index (χ3n) is 8.47. The minimum absolute atomic E-state index is 0.0103. The van der Waals surface area contributed by atoms with Crippen LogP contribution in [-0.2, 0) is 24.0 Å². The number of carboxylic acid groups (broad SMARTS) is 1. The molecular formula is C33H43ClN4O8. The lowest BCUT2D eigenvalue weighted by molar-refractivity contribution is -0.165. The van der Waals surface area contributed by atoms with Crippen molar-refractivity contribution in [2.24, 2.45) is 17.6 Å². The summed E-state index contributed by atoms with van der Waals surface area (Å²) in [6.45, 7) is 5.29. The van der Waals surface area contributed by atoms with E-state index in [1.165, 1.54) is 6.07 Å². The highest BCUT2D eigenvalue weighted by Gasteiger charge is 2.40. The van der Waals surface area contributed by atoms with Crippen molar-refractivity contribution >= 4 is 47.1 Å². The van der Waals surface area contributed by atoms with Crippen molar-refractivity contribution in [3.8, 4) is 11.3 Å². The lowest BCUT2D eigenvalue weighted by atomic mass is 9.84. The van der Waals surface area contributed by atoms with E-state index in [1.54, 1.807) is 44.2 Å². The van der Waals surface area contributed by atoms with Gasteiger partial charge < -0.3 is 25.9 Å². The van der Waals surface area contributed by atoms with Crippen LogP contribution >= 0.6 is 11.6 Å². The largest absolute Gasteiger partial charge is 0.474 e. The number of nitrogens with zero attached hydrogens (tertiary/aromatic N) is 1. The van der Waals surface area contributed by atoms with Gasteiger partial charge in [0.05, 0.1) is 0 Å². The second-order valence-corrected chi connectivity index (χ2v) is 12.3. The fourth-order valence-electron chi connectivity index (χ4n) is 5.43. The number of imide groups is 3. The second-order valence-electron chi connectivity index (χ2n) is 11.9. The second kappa shape index (κ2) is 17.0. The Labute approximate surface area is 273 Å². The van der Waals surface area contributed by atoms with Gasteiger partial charge in [0.25, 0.3) is 11.8 Å². The van der Waals surface area contributed by atoms with E-state index < -0.39 is 66.0 Å². The number of carbonyl (C=O) groups is 6. The predicted molar refractivity (Wildman–Crippen MR) is 170 cm³/mol. The first kappa shape index (κ1) is 36.4. The van der Waals surface area contributed by atoms with Crippen molar-refractivity contribution in [2.75, 3.05) is 0 Å². The van der Waals surface area contributed by atoms with Gasteiger partial charge in [-0.3, -0.25) is 24.0 Å². The minimum Gasteiger partial charge on any atom is -0.474 e. The Morgan fingerprint density at radius 3 is 2.22 bits per heavy atom. The van der Waals surface area contributed by atoms with Gasteiger partial charge in [-0.2, -0.15) is 0 Å². The van der Waals surface area contributed by atoms with E-state index in [9.17, 15) is 33.9 Å². The maximum Gasteiger partial charge on any atom is 0.395 e. The maximum absolute atomic E-state index is 13.8. The summed E-state index contributed by atoms with van der Waals surface area (Å²) in [5.74, 6) is -7.34. The number of hydrogen-bond acceptors (Lipinski definition) is 8. The summed E-state index contributed by atoms with van der Waals surface area (Å²) in [6, 6.07) is 6.70. The zero-order valence-electron chi connectivity index (χ0n) is 26.4. The number of carboxylic acids is 1. The van der Waals surface area contributed by atoms with Crippen LogP contribution in [-0.4, -0.2) is 63.6 Å². The first-order valence-corrected chi connectivity index (χ1v) is 16.1. The first-order chi connectivity index (χ1) is 21.9. The Hall–Kier alpha value is -4.03. The third kappa shape index (κ3) is 9.73. The average molecular weight is 659 g/mol. The van der Waals surface area contributed by atoms with Crippen LogP contribution < -0.4 is 16.4 Å². The molecule has 250 valence electrons. The number of benzene rings is 1. The summed E-state index contributed by atoms with van der Waals surface area (Å²) >= 11 is 5.96. The van der Waals surface area contributed by atoms with Gasteiger partial charge in [0, 0.05) is 23.0 Å². The quantitative estimate of drug-likeness (QED) is 0.227. The van der Waals surface area contributed by atoms with Crippen molar-refractivity contribution < 1.29 is 38.3 Å². The zero-order chi connectivity index (χ0) is 34.0. The predicted octanol–water partition coefficient (Wildman–Crippen LogP) is 4.29. The molecule has 0 saturated heterocycles. The standard InChI is InChI=1S/C33H43ClN4O8/c1-4-19(3)28(37-29(40)26-16-15-25(46-26)21-11-13-22(34)14-12-21)30(41)36-24(17-20-9-7-6-8-10-20)31(42)38(32(43)33(44)45)27(39)18-23(35)5-2/h11-16,19-20,23-24,28H,4-10,17-18,35H2,1-3H3,(H,36,41)(H,37,40)(H,44,45)/t19?,23?,24?,28-/m0/s1. The number of aliphatic carboxylic acids is 1. The lowest BCUT2D eigenvalue weighted by Gasteiger charge is -2.31. The van der Waals surface area contributed by atoms with Crippen LogP contribution in [0.25, 0.3) is 11.3 Å². The molecule has 1 saturated carbocycles. The van der Waals surface area contributed by atoms with Gasteiger partial charge in [-0.25, -0.2) is 9.69 Å². The Bertz CT molecular complexity index is 1400. The Morgan fingerprint density at radius 1 is 0.978 bits per heavy atom. The zero-order valence-corrected chi connectivity index (χ0v) is 27.2. The van der Waals surface area contributed by atoms with Crippen molar-refractivity contribution in [2.45, 2.75) is 96.7 Å². The van der Waals surface area contributed by atoms with Crippen molar-refractivity contribution in [1.29, 1.82) is 0 Å². The highest BCUT2D eigenvalue weighted by Crippen LogP contribution is 2.28. The highest BCUT2D eigenvalue weighted by atomic mass is 35.5. The van der Waals surface area contributed by atoms with Crippen LogP contribution in [0.2, 0.25) is 5.02 Å². The number of amides is 5. The van der Waals surface area contributed by atoms with E-state index in [2.05, 4.69) is 10.6 Å². The van der Waals surface area contributed by atoms with Gasteiger partial charge in [0.1, 0.15) is 17.8 Å². The summed E-state index contributed by atoms with van der Waals surface area (Å²) in [4.78, 5) is 78.3. The van der Waals surface area contributed by atoms with Crippen LogP contribution in [0, 0.1) is 11.8 Å². The number of nitrogens with two attached hydrogens (primary N) is 1. The van der Waals surface area contributed by atoms with Crippen LogP contribution in [0.1, 0.15) is 89.1 Å². The summed E-state index contributed by atoms with van der Waals surface area (Å²) in [6.07, 6.45) is 4.86. The third-order valence-corrected chi connectivity index (χ3v) is 8.72. The molecule has 5 amide bonds. The number of rotatable bonds is 13. The molecule has 1 aromatic carbocycles. The fourth-order valence-corrected chi connectivity index (χ4v) is 5.56. The topological polar surface area (TPSA) is 189 Å². The molecule has 4 atom stereocenters. The van der Waals surface area contributed by atoms with Crippen molar-refractivity contribution in [3.63, 3.8) is 0 Å². The summed E-state index contributed by atoms with van der Waals surface area (Å²) in [5.41, 5.74) is 6.57. The monoisotopic (exact) mass is 658 g/mol. The summed E-state index contributed by atoms with van der Waals surface area (Å²) in [5, 5.41) is 15.3. The molecule has 0 bridgehead atoms. The fraction of sp³-hybridized carbons (Fsp3) is 0.515. The number of halogens is 1. The van der Waals surface area contributed by atoms with Gasteiger partial charge in [0.2, 0.25) is 11.8 Å². The van der Waals surface area contributed by atoms with E-state index in [-0.39, 0.29) is 23.0 Å². The van der Waals surface area contributed by atoms with Gasteiger partial charge in [-0.15, -0.1) is 0 Å². The summed E-state index contributed by atoms with van der Waals surface area (Å²) in [7, 11) is 0. The number of furan rings is 1. The van der Waals surface area contributed by atoms with Crippen molar-refractivity contribution in [3.05, 3.63) is 47.2 Å². The van der Waals surface area contributed by atoms with Gasteiger partial charge >= 0.3 is 11.9 Å². The van der Waals surface area contributed by atoms with Crippen LogP contribution in [0.3, 0.4) is 0 Å². The normalized spacial score (nSPS) is 16.0. The van der Waals surface area contributed by atoms with Gasteiger partial charge in [-0.1, -0.05) is 70.9 Å². The molecule has 0 radical (unpaired) electrons. The van der Waals surface area contributed by atoms with E-state index in [4.69, 9.17) is 21.8 Å². The molecule has 1 heterocycles. The maximum atomic E-state index is 13.8. The highest BCUT2D eigenvalue weighted by molar-refractivity contribution is 6.38. The van der Waals surface area contributed by atoms with E-state index in [1.807, 2.05) is 6.92 Å². The average Bonchev–Trinajstić information content (AvgIpc) is 3.54. The molecule has 1 fully saturated rings. The summed E-state index contributed by atoms with van der Waals surface area (Å²) < 4.78 is 5.74. The molecule has 12 nitrogen and oxygen atoms in total. The molecule has 1 aliphatic rings. The molecule has 2 aromatic rings. The van der Waals surface area contributed by atoms with Gasteiger partial charge in [-0.05, 0) is 61.1 Å². The lowest BCUT2D eigenvalue weighted by Crippen LogP contribution is -2.59. The number of hydrogen-bond donors (Lipinski definition) is 4. The van der Waals surface area contributed by atoms with E-state index in [0.717, 1.165) is 32.1 Å². The molecule has 3 unspecified atom stereocenters. The molecular weight excluding hydrogens is 616 g/mol.